The van der Waals surface area contributed by atoms with Gasteiger partial charge in [0.2, 0.25) is 10.0 Å². The van der Waals surface area contributed by atoms with Crippen molar-refractivity contribution in [3.8, 4) is 5.75 Å². The molecule has 1 unspecified atom stereocenters. The Labute approximate surface area is 230 Å². The minimum atomic E-state index is -3.86. The molecule has 2 fully saturated rings. The molecule has 0 saturated carbocycles. The second kappa shape index (κ2) is 13.1. The van der Waals surface area contributed by atoms with Crippen LogP contribution in [0, 0.1) is 11.8 Å². The van der Waals surface area contributed by atoms with Crippen molar-refractivity contribution in [2.24, 2.45) is 17.6 Å². The molecule has 11 heteroatoms. The minimum absolute atomic E-state index is 0.00756. The number of fused-ring (bicyclic) bond motifs is 1. The highest BCUT2D eigenvalue weighted by Crippen LogP contribution is 2.33. The molecule has 2 aliphatic rings. The van der Waals surface area contributed by atoms with Gasteiger partial charge in [0, 0.05) is 19.1 Å². The third-order valence-electron chi connectivity index (χ3n) is 7.04. The molecular weight excluding hydrogens is 522 g/mol. The maximum Gasteiger partial charge on any atom is 0.407 e. The van der Waals surface area contributed by atoms with Crippen molar-refractivity contribution in [2.45, 2.75) is 56.1 Å². The van der Waals surface area contributed by atoms with E-state index in [9.17, 15) is 13.2 Å². The van der Waals surface area contributed by atoms with E-state index in [1.54, 1.807) is 12.1 Å². The van der Waals surface area contributed by atoms with Crippen molar-refractivity contribution >= 4 is 16.1 Å². The Bertz CT molecular complexity index is 1180. The third-order valence-corrected chi connectivity index (χ3v) is 8.89. The summed E-state index contributed by atoms with van der Waals surface area (Å²) in [7, 11) is -2.33. The number of hydrogen-bond donors (Lipinski definition) is 2. The van der Waals surface area contributed by atoms with Crippen LogP contribution < -0.4 is 15.8 Å². The van der Waals surface area contributed by atoms with E-state index < -0.39 is 34.3 Å². The lowest BCUT2D eigenvalue weighted by atomic mass is 9.99. The van der Waals surface area contributed by atoms with Gasteiger partial charge in [-0.05, 0) is 48.6 Å². The molecule has 5 atom stereocenters. The van der Waals surface area contributed by atoms with Gasteiger partial charge in [-0.3, -0.25) is 0 Å². The molecule has 0 aliphatic carbocycles. The summed E-state index contributed by atoms with van der Waals surface area (Å²) in [5.41, 5.74) is 7.62. The lowest BCUT2D eigenvalue weighted by Gasteiger charge is -2.31. The first-order valence-electron chi connectivity index (χ1n) is 13.3. The summed E-state index contributed by atoms with van der Waals surface area (Å²) in [5, 5.41) is 2.92. The zero-order valence-electron chi connectivity index (χ0n) is 22.7. The molecule has 39 heavy (non-hydrogen) atoms. The van der Waals surface area contributed by atoms with Gasteiger partial charge in [0.15, 0.2) is 6.29 Å². The zero-order valence-corrected chi connectivity index (χ0v) is 23.5. The van der Waals surface area contributed by atoms with Crippen LogP contribution in [0.2, 0.25) is 0 Å². The fraction of sp³-hybridized carbons (Fsp3) is 0.536. The highest BCUT2D eigenvalue weighted by atomic mass is 32.2. The van der Waals surface area contributed by atoms with E-state index in [4.69, 9.17) is 24.7 Å². The van der Waals surface area contributed by atoms with Crippen molar-refractivity contribution in [1.29, 1.82) is 0 Å². The lowest BCUT2D eigenvalue weighted by Crippen LogP contribution is -2.55. The van der Waals surface area contributed by atoms with Crippen LogP contribution in [-0.4, -0.2) is 76.7 Å². The number of rotatable bonds is 12. The number of carbonyl (C=O) groups is 1. The minimum Gasteiger partial charge on any atom is -0.497 e. The van der Waals surface area contributed by atoms with Gasteiger partial charge < -0.3 is 30.0 Å². The summed E-state index contributed by atoms with van der Waals surface area (Å²) in [6, 6.07) is 14.6. The molecule has 1 amide bonds. The number of sulfonamides is 1. The van der Waals surface area contributed by atoms with Crippen molar-refractivity contribution in [3.63, 3.8) is 0 Å². The number of benzene rings is 2. The van der Waals surface area contributed by atoms with Crippen LogP contribution in [-0.2, 0) is 30.7 Å². The summed E-state index contributed by atoms with van der Waals surface area (Å²) in [6.45, 7) is 5.03. The first-order chi connectivity index (χ1) is 18.7. The standard InChI is InChI=1S/C28H39N3O7S/c1-19(2)16-31(39(33,34)22-11-9-21(35-3)10-12-22)17-24(29)25(15-20-7-5-4-6-8-20)30-28(32)38-26-18-37-27-23(26)13-14-36-27/h4-12,19,23-27H,13-18,29H2,1-3H3,(H,30,32)/t23-,24?,25-,26-,27+/m0/s1. The Hall–Kier alpha value is -2.70. The molecule has 2 aromatic rings. The Balaban J connectivity index is 1.51. The summed E-state index contributed by atoms with van der Waals surface area (Å²) in [5.74, 6) is 0.627. The van der Waals surface area contributed by atoms with E-state index in [0.29, 0.717) is 18.8 Å². The average molecular weight is 562 g/mol. The first-order valence-corrected chi connectivity index (χ1v) is 14.8. The average Bonchev–Trinajstić information content (AvgIpc) is 3.53. The van der Waals surface area contributed by atoms with Gasteiger partial charge >= 0.3 is 6.09 Å². The first kappa shape index (κ1) is 29.3. The number of amides is 1. The predicted octanol–water partition coefficient (Wildman–Crippen LogP) is 2.77. The van der Waals surface area contributed by atoms with Gasteiger partial charge in [0.1, 0.15) is 11.9 Å². The maximum atomic E-state index is 13.6. The van der Waals surface area contributed by atoms with Crippen LogP contribution in [0.25, 0.3) is 0 Å². The topological polar surface area (TPSA) is 129 Å². The Morgan fingerprint density at radius 2 is 1.82 bits per heavy atom. The van der Waals surface area contributed by atoms with Crippen molar-refractivity contribution in [3.05, 3.63) is 60.2 Å². The number of nitrogens with one attached hydrogen (secondary N) is 1. The largest absolute Gasteiger partial charge is 0.497 e. The third kappa shape index (κ3) is 7.49. The molecule has 0 aromatic heterocycles. The number of carbonyl (C=O) groups excluding carboxylic acids is 1. The summed E-state index contributed by atoms with van der Waals surface area (Å²) >= 11 is 0. The molecule has 0 bridgehead atoms. The van der Waals surface area contributed by atoms with Crippen LogP contribution >= 0.6 is 0 Å². The van der Waals surface area contributed by atoms with Crippen LogP contribution in [0.5, 0.6) is 5.75 Å². The molecule has 0 radical (unpaired) electrons. The fourth-order valence-electron chi connectivity index (χ4n) is 4.99. The highest BCUT2D eigenvalue weighted by molar-refractivity contribution is 7.89. The van der Waals surface area contributed by atoms with Gasteiger partial charge in [-0.1, -0.05) is 44.2 Å². The maximum absolute atomic E-state index is 13.6. The number of methoxy groups -OCH3 is 1. The monoisotopic (exact) mass is 561 g/mol. The SMILES string of the molecule is COc1ccc(S(=O)(=O)N(CC(C)C)CC(N)[C@H](Cc2ccccc2)NC(=O)O[C@H]2CO[C@H]3OCC[C@H]32)cc1. The van der Waals surface area contributed by atoms with Crippen LogP contribution in [0.15, 0.2) is 59.5 Å². The van der Waals surface area contributed by atoms with E-state index in [1.165, 1.54) is 23.5 Å². The van der Waals surface area contributed by atoms with E-state index in [0.717, 1.165) is 12.0 Å². The molecule has 4 rings (SSSR count). The van der Waals surface area contributed by atoms with Gasteiger partial charge in [0.05, 0.1) is 37.2 Å². The molecule has 3 N–H and O–H groups in total. The highest BCUT2D eigenvalue weighted by Gasteiger charge is 2.44. The van der Waals surface area contributed by atoms with Crippen molar-refractivity contribution in [1.82, 2.24) is 9.62 Å². The molecule has 214 valence electrons. The van der Waals surface area contributed by atoms with Crippen molar-refractivity contribution < 1.29 is 32.2 Å². The van der Waals surface area contributed by atoms with E-state index in [-0.39, 0.29) is 42.7 Å². The number of alkyl carbamates (subject to hydrolysis) is 1. The molecule has 2 heterocycles. The van der Waals surface area contributed by atoms with Crippen LogP contribution in [0.4, 0.5) is 4.79 Å². The molecule has 0 spiro atoms. The van der Waals surface area contributed by atoms with Crippen molar-refractivity contribution in [2.75, 3.05) is 33.4 Å². The smallest absolute Gasteiger partial charge is 0.407 e. The summed E-state index contributed by atoms with van der Waals surface area (Å²) in [4.78, 5) is 13.2. The molecule has 2 saturated heterocycles. The van der Waals surface area contributed by atoms with Crippen LogP contribution in [0.1, 0.15) is 25.8 Å². The van der Waals surface area contributed by atoms with Crippen LogP contribution in [0.3, 0.4) is 0 Å². The molecule has 2 aromatic carbocycles. The number of ether oxygens (including phenoxy) is 4. The fourth-order valence-corrected chi connectivity index (χ4v) is 6.63. The van der Waals surface area contributed by atoms with E-state index >= 15 is 0 Å². The number of nitrogens with zero attached hydrogens (tertiary/aromatic N) is 1. The molecule has 10 nitrogen and oxygen atoms in total. The van der Waals surface area contributed by atoms with Gasteiger partial charge in [-0.25, -0.2) is 13.2 Å². The predicted molar refractivity (Wildman–Crippen MR) is 146 cm³/mol. The second-order valence-corrected chi connectivity index (χ2v) is 12.4. The van der Waals surface area contributed by atoms with Gasteiger partial charge in [0.25, 0.3) is 0 Å². The number of hydrogen-bond acceptors (Lipinski definition) is 8. The molecule has 2 aliphatic heterocycles. The lowest BCUT2D eigenvalue weighted by molar-refractivity contribution is -0.0907. The quantitative estimate of drug-likeness (QED) is 0.405. The van der Waals surface area contributed by atoms with E-state index in [1.807, 2.05) is 44.2 Å². The summed E-state index contributed by atoms with van der Waals surface area (Å²) in [6.07, 6.45) is -0.174. The Morgan fingerprint density at radius 3 is 2.49 bits per heavy atom. The van der Waals surface area contributed by atoms with E-state index in [2.05, 4.69) is 5.32 Å². The Kier molecular flexibility index (Phi) is 9.84. The second-order valence-electron chi connectivity index (χ2n) is 10.5. The normalized spacial score (nSPS) is 22.5. The summed E-state index contributed by atoms with van der Waals surface area (Å²) < 4.78 is 50.7. The Morgan fingerprint density at radius 1 is 1.10 bits per heavy atom. The van der Waals surface area contributed by atoms with Gasteiger partial charge in [-0.15, -0.1) is 0 Å². The van der Waals surface area contributed by atoms with Gasteiger partial charge in [-0.2, -0.15) is 4.31 Å². The molecular formula is C28H39N3O7S. The number of nitrogens with two attached hydrogens (primary N) is 1. The zero-order chi connectivity index (χ0) is 28.0.